The average molecular weight is 307 g/mol. The molecule has 2 aromatic carbocycles. The number of nitrogens with zero attached hydrogens (tertiary/aromatic N) is 1. The van der Waals surface area contributed by atoms with E-state index in [9.17, 15) is 4.79 Å². The second kappa shape index (κ2) is 8.25. The number of carbonyl (C=O) groups excluding carboxylic acids is 1. The second-order valence-corrected chi connectivity index (χ2v) is 4.80. The van der Waals surface area contributed by atoms with Crippen LogP contribution in [-0.4, -0.2) is 12.6 Å². The zero-order valence-corrected chi connectivity index (χ0v) is 12.5. The van der Waals surface area contributed by atoms with Crippen LogP contribution in [0.1, 0.15) is 16.7 Å². The van der Waals surface area contributed by atoms with Gasteiger partial charge in [0.2, 0.25) is 0 Å². The minimum Gasteiger partial charge on any atom is -0.445 e. The lowest BCUT2D eigenvalue weighted by Gasteiger charge is -2.05. The molecule has 0 heterocycles. The number of ether oxygens (including phenoxy) is 1. The summed E-state index contributed by atoms with van der Waals surface area (Å²) < 4.78 is 5.09. The second-order valence-electron chi connectivity index (χ2n) is 4.80. The van der Waals surface area contributed by atoms with Gasteiger partial charge in [-0.25, -0.2) is 4.79 Å². The first kappa shape index (κ1) is 16.1. The Bertz CT molecular complexity index is 734. The molecule has 23 heavy (non-hydrogen) atoms. The molecule has 0 saturated carbocycles. The minimum atomic E-state index is -0.490. The number of nitrogens with two attached hydrogens (primary N) is 1. The Kier molecular flexibility index (Phi) is 5.78. The first-order valence-electron chi connectivity index (χ1n) is 7.10. The van der Waals surface area contributed by atoms with Gasteiger partial charge in [-0.15, -0.1) is 0 Å². The summed E-state index contributed by atoms with van der Waals surface area (Å²) in [6, 6.07) is 16.6. The Morgan fingerprint density at radius 1 is 1.26 bits per heavy atom. The van der Waals surface area contributed by atoms with Gasteiger partial charge < -0.3 is 15.8 Å². The van der Waals surface area contributed by atoms with Crippen LogP contribution in [0.3, 0.4) is 0 Å². The van der Waals surface area contributed by atoms with Gasteiger partial charge in [0.05, 0.1) is 11.6 Å². The highest BCUT2D eigenvalue weighted by Crippen LogP contribution is 2.13. The van der Waals surface area contributed by atoms with E-state index in [1.807, 2.05) is 30.3 Å². The predicted molar refractivity (Wildman–Crippen MR) is 89.2 cm³/mol. The lowest BCUT2D eigenvalue weighted by Crippen LogP contribution is -2.24. The Labute approximate surface area is 135 Å². The number of nitrogens with one attached hydrogen (secondary N) is 1. The molecule has 2 aromatic rings. The van der Waals surface area contributed by atoms with E-state index in [0.717, 1.165) is 11.1 Å². The standard InChI is InChI=1S/C18H17N3O2/c19-12-16-11-17(20)9-8-15(16)7-4-10-21-18(22)23-13-14-5-2-1-3-6-14/h1-9,11H,10,13,20H2,(H,21,22). The fraction of sp³-hybridized carbons (Fsp3) is 0.111. The molecule has 0 aliphatic heterocycles. The summed E-state index contributed by atoms with van der Waals surface area (Å²) >= 11 is 0. The normalized spacial score (nSPS) is 10.2. The average Bonchev–Trinajstić information content (AvgIpc) is 2.58. The van der Waals surface area contributed by atoms with Gasteiger partial charge in [0, 0.05) is 12.2 Å². The van der Waals surface area contributed by atoms with Crippen molar-refractivity contribution in [3.05, 3.63) is 71.3 Å². The molecular weight excluding hydrogens is 290 g/mol. The van der Waals surface area contributed by atoms with Gasteiger partial charge in [-0.2, -0.15) is 5.26 Å². The molecule has 1 amide bonds. The highest BCUT2D eigenvalue weighted by molar-refractivity contribution is 5.68. The number of alkyl carbamates (subject to hydrolysis) is 1. The maximum Gasteiger partial charge on any atom is 0.407 e. The molecule has 5 nitrogen and oxygen atoms in total. The molecule has 0 saturated heterocycles. The number of rotatable bonds is 5. The molecule has 0 radical (unpaired) electrons. The zero-order chi connectivity index (χ0) is 16.5. The summed E-state index contributed by atoms with van der Waals surface area (Å²) in [5.74, 6) is 0. The first-order chi connectivity index (χ1) is 11.2. The van der Waals surface area contributed by atoms with Crippen molar-refractivity contribution in [1.29, 1.82) is 5.26 Å². The molecule has 0 unspecified atom stereocenters. The van der Waals surface area contributed by atoms with E-state index in [1.165, 1.54) is 0 Å². The maximum absolute atomic E-state index is 11.6. The van der Waals surface area contributed by atoms with E-state index >= 15 is 0 Å². The zero-order valence-electron chi connectivity index (χ0n) is 12.5. The topological polar surface area (TPSA) is 88.1 Å². The fourth-order valence-corrected chi connectivity index (χ4v) is 1.92. The molecule has 5 heteroatoms. The number of nitrogen functional groups attached to an aromatic ring is 1. The number of benzene rings is 2. The number of nitriles is 1. The molecule has 3 N–H and O–H groups in total. The third kappa shape index (κ3) is 5.21. The minimum absolute atomic E-state index is 0.229. The van der Waals surface area contributed by atoms with Crippen LogP contribution in [0.15, 0.2) is 54.6 Å². The summed E-state index contributed by atoms with van der Waals surface area (Å²) in [4.78, 5) is 11.6. The number of carbonyl (C=O) groups is 1. The predicted octanol–water partition coefficient (Wildman–Crippen LogP) is 3.08. The first-order valence-corrected chi connectivity index (χ1v) is 7.10. The van der Waals surface area contributed by atoms with Crippen LogP contribution in [0, 0.1) is 11.3 Å². The monoisotopic (exact) mass is 307 g/mol. The quantitative estimate of drug-likeness (QED) is 0.831. The molecule has 0 bridgehead atoms. The van der Waals surface area contributed by atoms with Crippen molar-refractivity contribution in [2.45, 2.75) is 6.61 Å². The van der Waals surface area contributed by atoms with Crippen LogP contribution in [0.25, 0.3) is 6.08 Å². The van der Waals surface area contributed by atoms with Crippen molar-refractivity contribution < 1.29 is 9.53 Å². The van der Waals surface area contributed by atoms with E-state index in [2.05, 4.69) is 11.4 Å². The van der Waals surface area contributed by atoms with Crippen LogP contribution in [0.2, 0.25) is 0 Å². The van der Waals surface area contributed by atoms with E-state index in [-0.39, 0.29) is 6.61 Å². The Hall–Kier alpha value is -3.26. The Morgan fingerprint density at radius 2 is 2.04 bits per heavy atom. The maximum atomic E-state index is 11.6. The van der Waals surface area contributed by atoms with Gasteiger partial charge in [0.1, 0.15) is 6.61 Å². The van der Waals surface area contributed by atoms with E-state index in [0.29, 0.717) is 17.8 Å². The SMILES string of the molecule is N#Cc1cc(N)ccc1C=CCNC(=O)OCc1ccccc1. The van der Waals surface area contributed by atoms with Crippen LogP contribution < -0.4 is 11.1 Å². The molecule has 116 valence electrons. The largest absolute Gasteiger partial charge is 0.445 e. The highest BCUT2D eigenvalue weighted by Gasteiger charge is 2.01. The lowest BCUT2D eigenvalue weighted by atomic mass is 10.1. The number of hydrogen-bond donors (Lipinski definition) is 2. The van der Waals surface area contributed by atoms with Gasteiger partial charge in [-0.05, 0) is 23.3 Å². The van der Waals surface area contributed by atoms with Crippen LogP contribution in [0.4, 0.5) is 10.5 Å². The molecule has 0 aliphatic carbocycles. The molecule has 2 rings (SSSR count). The van der Waals surface area contributed by atoms with Crippen molar-refractivity contribution in [1.82, 2.24) is 5.32 Å². The molecule has 0 spiro atoms. The van der Waals surface area contributed by atoms with Crippen molar-refractivity contribution in [3.63, 3.8) is 0 Å². The van der Waals surface area contributed by atoms with Gasteiger partial charge in [0.25, 0.3) is 0 Å². The third-order valence-corrected chi connectivity index (χ3v) is 3.07. The number of amides is 1. The van der Waals surface area contributed by atoms with Gasteiger partial charge in [-0.1, -0.05) is 48.6 Å². The summed E-state index contributed by atoms with van der Waals surface area (Å²) in [7, 11) is 0. The summed E-state index contributed by atoms with van der Waals surface area (Å²) in [5.41, 5.74) is 8.35. The number of anilines is 1. The molecule has 0 aromatic heterocycles. The van der Waals surface area contributed by atoms with Gasteiger partial charge in [0.15, 0.2) is 0 Å². The third-order valence-electron chi connectivity index (χ3n) is 3.07. The summed E-state index contributed by atoms with van der Waals surface area (Å²) in [5, 5.41) is 11.7. The van der Waals surface area contributed by atoms with Gasteiger partial charge >= 0.3 is 6.09 Å². The van der Waals surface area contributed by atoms with E-state index in [4.69, 9.17) is 15.7 Å². The van der Waals surface area contributed by atoms with Crippen molar-refractivity contribution in [3.8, 4) is 6.07 Å². The lowest BCUT2D eigenvalue weighted by molar-refractivity contribution is 0.141. The van der Waals surface area contributed by atoms with Crippen molar-refractivity contribution in [2.75, 3.05) is 12.3 Å². The molecule has 0 aliphatic rings. The Morgan fingerprint density at radius 3 is 2.78 bits per heavy atom. The molecule has 0 atom stereocenters. The molecule has 0 fully saturated rings. The van der Waals surface area contributed by atoms with Crippen LogP contribution in [-0.2, 0) is 11.3 Å². The highest BCUT2D eigenvalue weighted by atomic mass is 16.5. The smallest absolute Gasteiger partial charge is 0.407 e. The van der Waals surface area contributed by atoms with Crippen LogP contribution >= 0.6 is 0 Å². The Balaban J connectivity index is 1.78. The summed E-state index contributed by atoms with van der Waals surface area (Å²) in [6.45, 7) is 0.537. The number of hydrogen-bond acceptors (Lipinski definition) is 4. The van der Waals surface area contributed by atoms with Crippen LogP contribution in [0.5, 0.6) is 0 Å². The van der Waals surface area contributed by atoms with E-state index in [1.54, 1.807) is 30.4 Å². The van der Waals surface area contributed by atoms with Crippen molar-refractivity contribution in [2.24, 2.45) is 0 Å². The summed E-state index contributed by atoms with van der Waals surface area (Å²) in [6.07, 6.45) is 3.02. The van der Waals surface area contributed by atoms with E-state index < -0.39 is 6.09 Å². The fourth-order valence-electron chi connectivity index (χ4n) is 1.92. The molecular formula is C18H17N3O2. The van der Waals surface area contributed by atoms with Crippen molar-refractivity contribution >= 4 is 17.9 Å². The van der Waals surface area contributed by atoms with Gasteiger partial charge in [-0.3, -0.25) is 0 Å².